The van der Waals surface area contributed by atoms with Gasteiger partial charge in [-0.1, -0.05) is 48.0 Å². The van der Waals surface area contributed by atoms with Gasteiger partial charge in [-0.05, 0) is 24.6 Å². The molecule has 1 heterocycles. The Morgan fingerprint density at radius 2 is 1.79 bits per heavy atom. The molecule has 0 bridgehead atoms. The zero-order valence-corrected chi connectivity index (χ0v) is 16.2. The number of allylic oxidation sites excluding steroid dienone is 2. The van der Waals surface area contributed by atoms with Crippen molar-refractivity contribution < 1.29 is 23.9 Å². The highest BCUT2D eigenvalue weighted by atomic mass is 35.5. The highest BCUT2D eigenvalue weighted by Gasteiger charge is 2.45. The van der Waals surface area contributed by atoms with Crippen molar-refractivity contribution in [3.63, 3.8) is 0 Å². The van der Waals surface area contributed by atoms with Gasteiger partial charge in [0.25, 0.3) is 0 Å². The van der Waals surface area contributed by atoms with Crippen LogP contribution >= 0.6 is 11.6 Å². The van der Waals surface area contributed by atoms with Crippen molar-refractivity contribution in [1.29, 1.82) is 0 Å². The number of hydrogen-bond donors (Lipinski definition) is 1. The van der Waals surface area contributed by atoms with E-state index in [1.807, 2.05) is 0 Å². The number of carbonyl (C=O) groups excluding carboxylic acids is 3. The van der Waals surface area contributed by atoms with Gasteiger partial charge in [0.15, 0.2) is 11.5 Å². The van der Waals surface area contributed by atoms with Crippen molar-refractivity contribution in [1.82, 2.24) is 0 Å². The van der Waals surface area contributed by atoms with Crippen LogP contribution in [0.4, 0.5) is 0 Å². The van der Waals surface area contributed by atoms with E-state index in [-0.39, 0.29) is 40.5 Å². The topological polar surface area (TPSA) is 95.7 Å². The summed E-state index contributed by atoms with van der Waals surface area (Å²) < 4.78 is 10.7. The molecule has 1 unspecified atom stereocenters. The third kappa shape index (κ3) is 3.02. The molecule has 7 heteroatoms. The van der Waals surface area contributed by atoms with Gasteiger partial charge in [-0.3, -0.25) is 9.59 Å². The first kappa shape index (κ1) is 19.0. The molecule has 4 rings (SSSR count). The first-order valence-electron chi connectivity index (χ1n) is 8.96. The fraction of sp³-hybridized carbons (Fsp3) is 0.136. The fourth-order valence-electron chi connectivity index (χ4n) is 3.63. The first-order chi connectivity index (χ1) is 13.9. The Hall–Kier alpha value is -3.38. The maximum atomic E-state index is 13.4. The highest BCUT2D eigenvalue weighted by Crippen LogP contribution is 2.45. The van der Waals surface area contributed by atoms with Crippen LogP contribution in [0.1, 0.15) is 39.1 Å². The summed E-state index contributed by atoms with van der Waals surface area (Å²) in [6.45, 7) is 1.77. The molecule has 0 fully saturated rings. The summed E-state index contributed by atoms with van der Waals surface area (Å²) in [4.78, 5) is 39.1. The van der Waals surface area contributed by atoms with E-state index in [9.17, 15) is 14.4 Å². The summed E-state index contributed by atoms with van der Waals surface area (Å²) in [5.41, 5.74) is 7.06. The largest absolute Gasteiger partial charge is 0.462 e. The predicted molar refractivity (Wildman–Crippen MR) is 105 cm³/mol. The molecule has 1 aliphatic carbocycles. The van der Waals surface area contributed by atoms with Crippen LogP contribution in [0.15, 0.2) is 71.3 Å². The summed E-state index contributed by atoms with van der Waals surface area (Å²) >= 11 is 6.15. The van der Waals surface area contributed by atoms with Crippen LogP contribution in [0, 0.1) is 0 Å². The smallest absolute Gasteiger partial charge is 0.340 e. The molecule has 0 spiro atoms. The van der Waals surface area contributed by atoms with E-state index in [2.05, 4.69) is 0 Å². The van der Waals surface area contributed by atoms with Crippen LogP contribution in [0.5, 0.6) is 0 Å². The zero-order valence-electron chi connectivity index (χ0n) is 15.4. The lowest BCUT2D eigenvalue weighted by Crippen LogP contribution is -2.35. The van der Waals surface area contributed by atoms with Crippen molar-refractivity contribution in [2.75, 3.05) is 6.61 Å². The van der Waals surface area contributed by atoms with Gasteiger partial charge in [-0.15, -0.1) is 0 Å². The van der Waals surface area contributed by atoms with Crippen LogP contribution in [0.3, 0.4) is 0 Å². The number of fused-ring (bicyclic) bond motifs is 1. The molecule has 2 aliphatic rings. The number of ketones is 2. The zero-order chi connectivity index (χ0) is 20.7. The van der Waals surface area contributed by atoms with Crippen LogP contribution in [0.2, 0.25) is 5.02 Å². The standard InChI is InChI=1S/C22H16ClNO5/c1-2-28-22(27)17-15(11-6-5-7-12(23)10-11)16-18(25)13-8-3-4-9-14(13)19(26)20(16)29-21(17)24/h3-10,15H,2,24H2,1H3. The van der Waals surface area contributed by atoms with E-state index in [0.717, 1.165) is 0 Å². The lowest BCUT2D eigenvalue weighted by Gasteiger charge is -2.32. The first-order valence-corrected chi connectivity index (χ1v) is 9.34. The maximum absolute atomic E-state index is 13.4. The third-order valence-corrected chi connectivity index (χ3v) is 5.08. The fourth-order valence-corrected chi connectivity index (χ4v) is 3.83. The number of Topliss-reactive ketones (excluding diaryl/α,β-unsaturated/α-hetero) is 2. The molecule has 0 radical (unpaired) electrons. The predicted octanol–water partition coefficient (Wildman–Crippen LogP) is 3.52. The third-order valence-electron chi connectivity index (χ3n) is 4.84. The van der Waals surface area contributed by atoms with Crippen molar-refractivity contribution in [3.8, 4) is 0 Å². The minimum Gasteiger partial charge on any atom is -0.462 e. The van der Waals surface area contributed by atoms with E-state index in [4.69, 9.17) is 26.8 Å². The summed E-state index contributed by atoms with van der Waals surface area (Å²) in [6.07, 6.45) is 0. The van der Waals surface area contributed by atoms with Crippen molar-refractivity contribution in [2.24, 2.45) is 5.73 Å². The second kappa shape index (κ2) is 7.22. The number of ether oxygens (including phenoxy) is 2. The van der Waals surface area contributed by atoms with E-state index < -0.39 is 23.5 Å². The summed E-state index contributed by atoms with van der Waals surface area (Å²) in [5.74, 6) is -2.98. The lowest BCUT2D eigenvalue weighted by molar-refractivity contribution is -0.139. The Morgan fingerprint density at radius 1 is 1.10 bits per heavy atom. The maximum Gasteiger partial charge on any atom is 0.340 e. The van der Waals surface area contributed by atoms with Gasteiger partial charge in [-0.2, -0.15) is 0 Å². The summed E-state index contributed by atoms with van der Waals surface area (Å²) in [7, 11) is 0. The average Bonchev–Trinajstić information content (AvgIpc) is 2.71. The minimum absolute atomic E-state index is 0.0339. The molecule has 0 saturated carbocycles. The second-order valence-electron chi connectivity index (χ2n) is 6.54. The normalized spacial score (nSPS) is 18.2. The number of esters is 1. The lowest BCUT2D eigenvalue weighted by atomic mass is 9.75. The van der Waals surface area contributed by atoms with Gasteiger partial charge in [0.1, 0.15) is 5.57 Å². The number of carbonyl (C=O) groups is 3. The van der Waals surface area contributed by atoms with E-state index >= 15 is 0 Å². The molecular weight excluding hydrogens is 394 g/mol. The Morgan fingerprint density at radius 3 is 2.45 bits per heavy atom. The Balaban J connectivity index is 1.97. The molecule has 6 nitrogen and oxygen atoms in total. The molecule has 1 atom stereocenters. The van der Waals surface area contributed by atoms with E-state index in [1.54, 1.807) is 55.5 Å². The molecule has 146 valence electrons. The van der Waals surface area contributed by atoms with E-state index in [1.165, 1.54) is 0 Å². The van der Waals surface area contributed by atoms with Gasteiger partial charge in [-0.25, -0.2) is 4.79 Å². The Bertz CT molecular complexity index is 1130. The number of nitrogens with two attached hydrogens (primary N) is 1. The van der Waals surface area contributed by atoms with Crippen LogP contribution < -0.4 is 5.73 Å². The van der Waals surface area contributed by atoms with Gasteiger partial charge in [0.2, 0.25) is 11.7 Å². The van der Waals surface area contributed by atoms with E-state index in [0.29, 0.717) is 10.6 Å². The summed E-state index contributed by atoms with van der Waals surface area (Å²) in [5, 5.41) is 0.410. The summed E-state index contributed by atoms with van der Waals surface area (Å²) in [6, 6.07) is 13.1. The van der Waals surface area contributed by atoms with Crippen molar-refractivity contribution in [3.05, 3.63) is 93.0 Å². The van der Waals surface area contributed by atoms with Crippen LogP contribution in [-0.2, 0) is 14.3 Å². The monoisotopic (exact) mass is 409 g/mol. The van der Waals surface area contributed by atoms with Crippen LogP contribution in [-0.4, -0.2) is 24.1 Å². The second-order valence-corrected chi connectivity index (χ2v) is 6.97. The van der Waals surface area contributed by atoms with Crippen LogP contribution in [0.25, 0.3) is 0 Å². The SMILES string of the molecule is CCOC(=O)C1=C(N)OC2=C(C(=O)c3ccccc3C2=O)C1c1cccc(Cl)c1. The number of rotatable bonds is 3. The Kier molecular flexibility index (Phi) is 4.72. The quantitative estimate of drug-likeness (QED) is 0.779. The molecule has 2 aromatic carbocycles. The molecule has 2 aromatic rings. The molecule has 0 amide bonds. The van der Waals surface area contributed by atoms with Crippen molar-refractivity contribution in [2.45, 2.75) is 12.8 Å². The highest BCUT2D eigenvalue weighted by molar-refractivity contribution is 6.31. The number of benzene rings is 2. The molecule has 0 aromatic heterocycles. The molecule has 1 aliphatic heterocycles. The number of hydrogen-bond acceptors (Lipinski definition) is 6. The Labute approximate surface area is 171 Å². The van der Waals surface area contributed by atoms with Gasteiger partial charge < -0.3 is 15.2 Å². The molecule has 29 heavy (non-hydrogen) atoms. The van der Waals surface area contributed by atoms with Crippen molar-refractivity contribution >= 4 is 29.1 Å². The molecule has 2 N–H and O–H groups in total. The molecule has 0 saturated heterocycles. The molecular formula is C22H16ClNO5. The average molecular weight is 410 g/mol. The van der Waals surface area contributed by atoms with Gasteiger partial charge in [0, 0.05) is 16.1 Å². The minimum atomic E-state index is -0.943. The number of halogens is 1. The van der Waals surface area contributed by atoms with Gasteiger partial charge in [0.05, 0.1) is 18.1 Å². The van der Waals surface area contributed by atoms with Gasteiger partial charge >= 0.3 is 5.97 Å².